The Labute approximate surface area is 178 Å². The van der Waals surface area contributed by atoms with Gasteiger partial charge < -0.3 is 14.8 Å². The molecular formula is C23H20N6O2. The van der Waals surface area contributed by atoms with Gasteiger partial charge in [-0.3, -0.25) is 0 Å². The van der Waals surface area contributed by atoms with Gasteiger partial charge in [-0.15, -0.1) is 5.10 Å². The predicted octanol–water partition coefficient (Wildman–Crippen LogP) is 4.18. The molecule has 2 heterocycles. The number of hydrogen-bond acceptors (Lipinski definition) is 7. The minimum Gasteiger partial charge on any atom is -0.493 e. The maximum atomic E-state index is 5.43. The van der Waals surface area contributed by atoms with Crippen molar-refractivity contribution in [3.8, 4) is 11.5 Å². The quantitative estimate of drug-likeness (QED) is 0.448. The van der Waals surface area contributed by atoms with Crippen molar-refractivity contribution < 1.29 is 9.47 Å². The molecule has 0 aliphatic carbocycles. The van der Waals surface area contributed by atoms with Crippen LogP contribution in [0.15, 0.2) is 67.0 Å². The van der Waals surface area contributed by atoms with Crippen molar-refractivity contribution in [3.63, 3.8) is 0 Å². The molecule has 0 aliphatic heterocycles. The number of ether oxygens (including phenoxy) is 2. The third kappa shape index (κ3) is 3.59. The van der Waals surface area contributed by atoms with E-state index in [0.717, 1.165) is 27.6 Å². The van der Waals surface area contributed by atoms with Crippen LogP contribution in [-0.4, -0.2) is 39.2 Å². The van der Waals surface area contributed by atoms with Gasteiger partial charge in [0.15, 0.2) is 11.5 Å². The van der Waals surface area contributed by atoms with Crippen molar-refractivity contribution in [1.82, 2.24) is 25.0 Å². The van der Waals surface area contributed by atoms with Crippen LogP contribution in [0, 0.1) is 0 Å². The highest BCUT2D eigenvalue weighted by Crippen LogP contribution is 2.34. The van der Waals surface area contributed by atoms with Crippen molar-refractivity contribution in [3.05, 3.63) is 72.6 Å². The second-order valence-corrected chi connectivity index (χ2v) is 7.01. The first-order valence-corrected chi connectivity index (χ1v) is 9.76. The van der Waals surface area contributed by atoms with E-state index >= 15 is 0 Å². The Hall–Kier alpha value is -4.20. The van der Waals surface area contributed by atoms with E-state index in [1.807, 2.05) is 53.2 Å². The number of rotatable bonds is 6. The van der Waals surface area contributed by atoms with E-state index in [2.05, 4.69) is 37.7 Å². The van der Waals surface area contributed by atoms with Crippen LogP contribution < -0.4 is 14.8 Å². The fourth-order valence-electron chi connectivity index (χ4n) is 3.54. The summed E-state index contributed by atoms with van der Waals surface area (Å²) in [6, 6.07) is 19.8. The number of nitrogens with one attached hydrogen (secondary N) is 1. The molecule has 5 aromatic rings. The fourth-order valence-corrected chi connectivity index (χ4v) is 3.54. The topological polar surface area (TPSA) is 87.0 Å². The molecule has 154 valence electrons. The first-order valence-electron chi connectivity index (χ1n) is 9.76. The van der Waals surface area contributed by atoms with E-state index < -0.39 is 0 Å². The van der Waals surface area contributed by atoms with Crippen LogP contribution in [0.5, 0.6) is 11.5 Å². The second-order valence-electron chi connectivity index (χ2n) is 7.01. The molecule has 0 amide bonds. The van der Waals surface area contributed by atoms with Crippen LogP contribution in [0.2, 0.25) is 0 Å². The molecule has 2 aromatic heterocycles. The van der Waals surface area contributed by atoms with Gasteiger partial charge in [0.2, 0.25) is 0 Å². The second kappa shape index (κ2) is 7.91. The Morgan fingerprint density at radius 1 is 0.871 bits per heavy atom. The Kier molecular flexibility index (Phi) is 4.80. The monoisotopic (exact) mass is 412 g/mol. The van der Waals surface area contributed by atoms with Crippen molar-refractivity contribution in [2.75, 3.05) is 19.5 Å². The molecule has 0 saturated carbocycles. The summed E-state index contributed by atoms with van der Waals surface area (Å²) in [6.45, 7) is 0.669. The van der Waals surface area contributed by atoms with E-state index in [4.69, 9.17) is 9.47 Å². The lowest BCUT2D eigenvalue weighted by molar-refractivity contribution is 0.356. The summed E-state index contributed by atoms with van der Waals surface area (Å²) in [5.74, 6) is 1.91. The van der Waals surface area contributed by atoms with Gasteiger partial charge in [0.05, 0.1) is 31.8 Å². The number of fused-ring (bicyclic) bond motifs is 2. The van der Waals surface area contributed by atoms with Gasteiger partial charge in [0.25, 0.3) is 0 Å². The fraction of sp³-hybridized carbons (Fsp3) is 0.130. The average molecular weight is 412 g/mol. The smallest absolute Gasteiger partial charge is 0.162 e. The van der Waals surface area contributed by atoms with Crippen molar-refractivity contribution >= 4 is 33.4 Å². The first kappa shape index (κ1) is 18.8. The van der Waals surface area contributed by atoms with Crippen LogP contribution >= 0.6 is 0 Å². The molecule has 0 fully saturated rings. The van der Waals surface area contributed by atoms with Gasteiger partial charge in [-0.1, -0.05) is 35.5 Å². The minimum absolute atomic E-state index is 0.618. The number of hydrogen-bond donors (Lipinski definition) is 1. The van der Waals surface area contributed by atoms with Gasteiger partial charge in [0.1, 0.15) is 17.7 Å². The van der Waals surface area contributed by atoms with E-state index in [9.17, 15) is 0 Å². The standard InChI is InChI=1S/C23H20N6O2/c1-30-21-11-17-18(12-22(21)31-2)24-14-25-23(17)26-16-8-9-20-19(10-16)27-28-29(20)13-15-6-4-3-5-7-15/h3-12,14H,13H2,1-2H3,(H,24,25,26). The van der Waals surface area contributed by atoms with E-state index in [1.54, 1.807) is 14.2 Å². The Balaban J connectivity index is 1.47. The predicted molar refractivity (Wildman–Crippen MR) is 119 cm³/mol. The Morgan fingerprint density at radius 3 is 2.48 bits per heavy atom. The third-order valence-corrected chi connectivity index (χ3v) is 5.09. The summed E-state index contributed by atoms with van der Waals surface area (Å²) >= 11 is 0. The lowest BCUT2D eigenvalue weighted by atomic mass is 10.2. The summed E-state index contributed by atoms with van der Waals surface area (Å²) in [5, 5.41) is 12.8. The van der Waals surface area contributed by atoms with Gasteiger partial charge in [-0.05, 0) is 29.8 Å². The molecule has 8 nitrogen and oxygen atoms in total. The number of nitrogens with zero attached hydrogens (tertiary/aromatic N) is 5. The average Bonchev–Trinajstić information content (AvgIpc) is 3.21. The Bertz CT molecular complexity index is 1370. The summed E-state index contributed by atoms with van der Waals surface area (Å²) in [6.07, 6.45) is 1.52. The van der Waals surface area contributed by atoms with Gasteiger partial charge in [0, 0.05) is 17.1 Å². The number of benzene rings is 3. The molecule has 0 radical (unpaired) electrons. The normalized spacial score (nSPS) is 11.0. The molecule has 0 saturated heterocycles. The van der Waals surface area contributed by atoms with Crippen molar-refractivity contribution in [2.24, 2.45) is 0 Å². The van der Waals surface area contributed by atoms with Crippen molar-refractivity contribution in [1.29, 1.82) is 0 Å². The molecule has 0 bridgehead atoms. The van der Waals surface area contributed by atoms with Crippen LogP contribution in [0.25, 0.3) is 21.9 Å². The lowest BCUT2D eigenvalue weighted by Crippen LogP contribution is -2.01. The largest absolute Gasteiger partial charge is 0.493 e. The lowest BCUT2D eigenvalue weighted by Gasteiger charge is -2.12. The zero-order chi connectivity index (χ0) is 21.2. The first-order chi connectivity index (χ1) is 15.2. The highest BCUT2D eigenvalue weighted by molar-refractivity contribution is 5.93. The number of anilines is 2. The molecule has 1 N–H and O–H groups in total. The minimum atomic E-state index is 0.618. The van der Waals surface area contributed by atoms with Crippen LogP contribution in [0.3, 0.4) is 0 Å². The summed E-state index contributed by atoms with van der Waals surface area (Å²) in [7, 11) is 3.21. The summed E-state index contributed by atoms with van der Waals surface area (Å²) < 4.78 is 12.7. The van der Waals surface area contributed by atoms with Gasteiger partial charge >= 0.3 is 0 Å². The molecule has 0 aliphatic rings. The van der Waals surface area contributed by atoms with Gasteiger partial charge in [-0.25, -0.2) is 14.6 Å². The van der Waals surface area contributed by atoms with Crippen molar-refractivity contribution in [2.45, 2.75) is 6.54 Å². The molecule has 5 rings (SSSR count). The van der Waals surface area contributed by atoms with Crippen LogP contribution in [-0.2, 0) is 6.54 Å². The van der Waals surface area contributed by atoms with Crippen LogP contribution in [0.4, 0.5) is 11.5 Å². The van der Waals surface area contributed by atoms with E-state index in [0.29, 0.717) is 23.9 Å². The number of aromatic nitrogens is 5. The third-order valence-electron chi connectivity index (χ3n) is 5.09. The molecule has 0 unspecified atom stereocenters. The van der Waals surface area contributed by atoms with Crippen LogP contribution in [0.1, 0.15) is 5.56 Å². The SMILES string of the molecule is COc1cc2ncnc(Nc3ccc4c(c3)nnn4Cc3ccccc3)c2cc1OC. The summed E-state index contributed by atoms with van der Waals surface area (Å²) in [4.78, 5) is 8.76. The molecule has 3 aromatic carbocycles. The summed E-state index contributed by atoms with van der Waals surface area (Å²) in [5.41, 5.74) is 4.55. The maximum Gasteiger partial charge on any atom is 0.162 e. The molecule has 31 heavy (non-hydrogen) atoms. The zero-order valence-electron chi connectivity index (χ0n) is 17.1. The maximum absolute atomic E-state index is 5.43. The molecule has 0 atom stereocenters. The molecule has 0 spiro atoms. The molecule has 8 heteroatoms. The van der Waals surface area contributed by atoms with E-state index in [1.165, 1.54) is 11.9 Å². The zero-order valence-corrected chi connectivity index (χ0v) is 17.1. The molecular weight excluding hydrogens is 392 g/mol. The highest BCUT2D eigenvalue weighted by atomic mass is 16.5. The highest BCUT2D eigenvalue weighted by Gasteiger charge is 2.12. The Morgan fingerprint density at radius 2 is 1.68 bits per heavy atom. The number of methoxy groups -OCH3 is 2. The van der Waals surface area contributed by atoms with Gasteiger partial charge in [-0.2, -0.15) is 0 Å². The van der Waals surface area contributed by atoms with E-state index in [-0.39, 0.29) is 0 Å².